The Morgan fingerprint density at radius 2 is 2.27 bits per heavy atom. The average Bonchev–Trinajstić information content (AvgIpc) is 2.26. The van der Waals surface area contributed by atoms with Crippen molar-refractivity contribution in [3.63, 3.8) is 0 Å². The summed E-state index contributed by atoms with van der Waals surface area (Å²) in [6, 6.07) is 7.06. The number of rotatable bonds is 3. The average molecular weight is 205 g/mol. The molecule has 0 saturated heterocycles. The fraction of sp³-hybridized carbons (Fsp3) is 0.538. The molecule has 1 aromatic carbocycles. The maximum absolute atomic E-state index is 5.62. The second-order valence-corrected chi connectivity index (χ2v) is 4.27. The minimum absolute atomic E-state index is 0.597. The number of hydrogen-bond acceptors (Lipinski definition) is 2. The van der Waals surface area contributed by atoms with Crippen LogP contribution in [0.25, 0.3) is 0 Å². The highest BCUT2D eigenvalue weighted by atomic mass is 16.5. The third kappa shape index (κ3) is 2.51. The van der Waals surface area contributed by atoms with Crippen LogP contribution in [0.15, 0.2) is 18.2 Å². The molecule has 2 nitrogen and oxygen atoms in total. The molecular formula is C13H19NO. The van der Waals surface area contributed by atoms with Gasteiger partial charge in [-0.15, -0.1) is 0 Å². The van der Waals surface area contributed by atoms with Crippen molar-refractivity contribution in [3.8, 4) is 5.75 Å². The lowest BCUT2D eigenvalue weighted by molar-refractivity contribution is 0.316. The van der Waals surface area contributed by atoms with Crippen molar-refractivity contribution in [2.75, 3.05) is 6.61 Å². The van der Waals surface area contributed by atoms with Crippen molar-refractivity contribution in [1.82, 2.24) is 5.32 Å². The summed E-state index contributed by atoms with van der Waals surface area (Å²) in [5.41, 5.74) is 2.85. The molecule has 82 valence electrons. The number of hydrogen-bond donors (Lipinski definition) is 1. The molecule has 0 saturated carbocycles. The van der Waals surface area contributed by atoms with Gasteiger partial charge in [0.2, 0.25) is 0 Å². The summed E-state index contributed by atoms with van der Waals surface area (Å²) in [4.78, 5) is 0. The van der Waals surface area contributed by atoms with Crippen LogP contribution < -0.4 is 10.1 Å². The highest BCUT2D eigenvalue weighted by Crippen LogP contribution is 2.22. The Morgan fingerprint density at radius 1 is 1.40 bits per heavy atom. The molecule has 1 unspecified atom stereocenters. The summed E-state index contributed by atoms with van der Waals surface area (Å²) in [5, 5.41) is 3.47. The number of ether oxygens (including phenoxy) is 1. The molecule has 1 heterocycles. The third-order valence-electron chi connectivity index (χ3n) is 2.82. The van der Waals surface area contributed by atoms with E-state index in [1.54, 1.807) is 0 Å². The van der Waals surface area contributed by atoms with Gasteiger partial charge in [-0.25, -0.2) is 0 Å². The maximum atomic E-state index is 5.62. The van der Waals surface area contributed by atoms with Crippen LogP contribution in [0.5, 0.6) is 5.75 Å². The minimum Gasteiger partial charge on any atom is -0.494 e. The molecule has 0 spiro atoms. The molecule has 1 N–H and O–H groups in total. The van der Waals surface area contributed by atoms with E-state index in [2.05, 4.69) is 37.4 Å². The number of benzene rings is 1. The van der Waals surface area contributed by atoms with Gasteiger partial charge in [0.1, 0.15) is 5.75 Å². The molecule has 1 aliphatic rings. The van der Waals surface area contributed by atoms with E-state index in [4.69, 9.17) is 4.74 Å². The van der Waals surface area contributed by atoms with Crippen LogP contribution >= 0.6 is 0 Å². The van der Waals surface area contributed by atoms with Crippen molar-refractivity contribution in [1.29, 1.82) is 0 Å². The van der Waals surface area contributed by atoms with Crippen molar-refractivity contribution in [2.24, 2.45) is 0 Å². The first kappa shape index (κ1) is 10.5. The zero-order chi connectivity index (χ0) is 10.7. The van der Waals surface area contributed by atoms with Crippen LogP contribution in [-0.2, 0) is 13.0 Å². The zero-order valence-electron chi connectivity index (χ0n) is 9.55. The molecule has 1 aliphatic heterocycles. The predicted molar refractivity (Wildman–Crippen MR) is 62.2 cm³/mol. The normalized spacial score (nSPS) is 19.7. The van der Waals surface area contributed by atoms with E-state index in [0.717, 1.165) is 31.7 Å². The van der Waals surface area contributed by atoms with Crippen LogP contribution in [-0.4, -0.2) is 12.6 Å². The monoisotopic (exact) mass is 205 g/mol. The highest BCUT2D eigenvalue weighted by Gasteiger charge is 2.14. The van der Waals surface area contributed by atoms with Crippen LogP contribution in [0, 0.1) is 0 Å². The summed E-state index contributed by atoms with van der Waals surface area (Å²) >= 11 is 0. The largest absolute Gasteiger partial charge is 0.494 e. The Hall–Kier alpha value is -1.02. The van der Waals surface area contributed by atoms with Crippen LogP contribution in [0.1, 0.15) is 31.4 Å². The van der Waals surface area contributed by atoms with Gasteiger partial charge in [0.15, 0.2) is 0 Å². The standard InChI is InChI=1S/C13H19NO/c1-3-6-15-13-5-4-11-7-10(2)14-9-12(11)8-13/h4-5,8,10,14H,3,6-7,9H2,1-2H3. The van der Waals surface area contributed by atoms with Crippen LogP contribution in [0.3, 0.4) is 0 Å². The van der Waals surface area contributed by atoms with Crippen molar-refractivity contribution in [3.05, 3.63) is 29.3 Å². The molecule has 15 heavy (non-hydrogen) atoms. The van der Waals surface area contributed by atoms with Gasteiger partial charge in [0.25, 0.3) is 0 Å². The molecule has 0 amide bonds. The topological polar surface area (TPSA) is 21.3 Å². The van der Waals surface area contributed by atoms with E-state index in [1.807, 2.05) is 0 Å². The van der Waals surface area contributed by atoms with Crippen molar-refractivity contribution >= 4 is 0 Å². The summed E-state index contributed by atoms with van der Waals surface area (Å²) in [6.07, 6.45) is 2.19. The third-order valence-corrected chi connectivity index (χ3v) is 2.82. The second-order valence-electron chi connectivity index (χ2n) is 4.27. The Labute approximate surface area is 91.6 Å². The molecular weight excluding hydrogens is 186 g/mol. The predicted octanol–water partition coefficient (Wildman–Crippen LogP) is 2.51. The Balaban J connectivity index is 2.12. The number of fused-ring (bicyclic) bond motifs is 1. The highest BCUT2D eigenvalue weighted by molar-refractivity contribution is 5.37. The van der Waals surface area contributed by atoms with E-state index in [9.17, 15) is 0 Å². The molecule has 0 bridgehead atoms. The van der Waals surface area contributed by atoms with E-state index in [0.29, 0.717) is 6.04 Å². The molecule has 0 aromatic heterocycles. The van der Waals surface area contributed by atoms with E-state index in [-0.39, 0.29) is 0 Å². The maximum Gasteiger partial charge on any atom is 0.119 e. The molecule has 2 heteroatoms. The summed E-state index contributed by atoms with van der Waals surface area (Å²) in [5.74, 6) is 1.01. The summed E-state index contributed by atoms with van der Waals surface area (Å²) < 4.78 is 5.62. The van der Waals surface area contributed by atoms with Gasteiger partial charge in [-0.2, -0.15) is 0 Å². The molecule has 1 aromatic rings. The first-order valence-corrected chi connectivity index (χ1v) is 5.77. The molecule has 1 atom stereocenters. The summed E-state index contributed by atoms with van der Waals surface area (Å²) in [7, 11) is 0. The molecule has 0 aliphatic carbocycles. The van der Waals surface area contributed by atoms with Gasteiger partial charge in [0, 0.05) is 12.6 Å². The molecule has 0 radical (unpaired) electrons. The zero-order valence-corrected chi connectivity index (χ0v) is 9.55. The van der Waals surface area contributed by atoms with Crippen LogP contribution in [0.2, 0.25) is 0 Å². The Morgan fingerprint density at radius 3 is 3.07 bits per heavy atom. The van der Waals surface area contributed by atoms with E-state index >= 15 is 0 Å². The van der Waals surface area contributed by atoms with Crippen molar-refractivity contribution in [2.45, 2.75) is 39.3 Å². The van der Waals surface area contributed by atoms with Gasteiger partial charge >= 0.3 is 0 Å². The lowest BCUT2D eigenvalue weighted by Crippen LogP contribution is -2.32. The van der Waals surface area contributed by atoms with E-state index in [1.165, 1.54) is 11.1 Å². The first-order valence-electron chi connectivity index (χ1n) is 5.77. The molecule has 2 rings (SSSR count). The van der Waals surface area contributed by atoms with Gasteiger partial charge in [-0.1, -0.05) is 13.0 Å². The fourth-order valence-electron chi connectivity index (χ4n) is 1.96. The van der Waals surface area contributed by atoms with E-state index < -0.39 is 0 Å². The fourth-order valence-corrected chi connectivity index (χ4v) is 1.96. The minimum atomic E-state index is 0.597. The van der Waals surface area contributed by atoms with Gasteiger partial charge in [-0.3, -0.25) is 0 Å². The Bertz CT molecular complexity index is 335. The van der Waals surface area contributed by atoms with Gasteiger partial charge in [0.05, 0.1) is 6.61 Å². The number of nitrogens with one attached hydrogen (secondary N) is 1. The lowest BCUT2D eigenvalue weighted by Gasteiger charge is -2.23. The van der Waals surface area contributed by atoms with Gasteiger partial charge in [-0.05, 0) is 43.0 Å². The SMILES string of the molecule is CCCOc1ccc2c(c1)CNC(C)C2. The second kappa shape index (κ2) is 4.67. The quantitative estimate of drug-likeness (QED) is 0.818. The first-order chi connectivity index (χ1) is 7.29. The molecule has 0 fully saturated rings. The lowest BCUT2D eigenvalue weighted by atomic mass is 9.96. The summed E-state index contributed by atoms with van der Waals surface area (Å²) in [6.45, 7) is 6.13. The Kier molecular flexibility index (Phi) is 3.27. The smallest absolute Gasteiger partial charge is 0.119 e. The van der Waals surface area contributed by atoms with Crippen LogP contribution in [0.4, 0.5) is 0 Å². The van der Waals surface area contributed by atoms with Gasteiger partial charge < -0.3 is 10.1 Å². The van der Waals surface area contributed by atoms with Crippen molar-refractivity contribution < 1.29 is 4.74 Å².